The van der Waals surface area contributed by atoms with Gasteiger partial charge in [-0.3, -0.25) is 4.99 Å². The minimum atomic E-state index is 0.451. The van der Waals surface area contributed by atoms with E-state index in [1.807, 2.05) is 73.1 Å². The number of hydrogen-bond acceptors (Lipinski definition) is 6. The second-order valence-electron chi connectivity index (χ2n) is 7.42. The van der Waals surface area contributed by atoms with Crippen LogP contribution < -0.4 is 18.9 Å². The molecule has 4 rings (SSSR count). The molecule has 1 aliphatic heterocycles. The molecule has 3 aromatic rings. The SMILES string of the molecule is COc1ccc(CCN2C=NCC2)c(OC)c1Oc1ccccc1OCc1ccccc1. The van der Waals surface area contributed by atoms with Crippen molar-refractivity contribution in [3.05, 3.63) is 77.9 Å². The van der Waals surface area contributed by atoms with Crippen molar-refractivity contribution in [1.29, 1.82) is 0 Å². The van der Waals surface area contributed by atoms with Crippen LogP contribution in [0.4, 0.5) is 0 Å². The van der Waals surface area contributed by atoms with Gasteiger partial charge < -0.3 is 23.8 Å². The van der Waals surface area contributed by atoms with Gasteiger partial charge in [0.15, 0.2) is 23.0 Å². The Hall–Kier alpha value is -3.67. The summed E-state index contributed by atoms with van der Waals surface area (Å²) >= 11 is 0. The number of benzene rings is 3. The first-order valence-electron chi connectivity index (χ1n) is 10.7. The molecule has 1 aliphatic rings. The van der Waals surface area contributed by atoms with Gasteiger partial charge in [0.1, 0.15) is 6.61 Å². The zero-order chi connectivity index (χ0) is 22.2. The summed E-state index contributed by atoms with van der Waals surface area (Å²) in [5.74, 6) is 3.06. The molecule has 0 saturated carbocycles. The van der Waals surface area contributed by atoms with E-state index in [4.69, 9.17) is 18.9 Å². The van der Waals surface area contributed by atoms with E-state index >= 15 is 0 Å². The fourth-order valence-corrected chi connectivity index (χ4v) is 3.61. The van der Waals surface area contributed by atoms with Crippen molar-refractivity contribution >= 4 is 6.34 Å². The van der Waals surface area contributed by atoms with E-state index in [9.17, 15) is 0 Å². The third-order valence-electron chi connectivity index (χ3n) is 5.31. The summed E-state index contributed by atoms with van der Waals surface area (Å²) in [4.78, 5) is 6.49. The van der Waals surface area contributed by atoms with Gasteiger partial charge in [-0.25, -0.2) is 0 Å². The minimum absolute atomic E-state index is 0.451. The van der Waals surface area contributed by atoms with E-state index in [1.165, 1.54) is 0 Å². The lowest BCUT2D eigenvalue weighted by Gasteiger charge is -2.20. The fourth-order valence-electron chi connectivity index (χ4n) is 3.61. The van der Waals surface area contributed by atoms with E-state index in [2.05, 4.69) is 9.89 Å². The Balaban J connectivity index is 1.57. The summed E-state index contributed by atoms with van der Waals surface area (Å²) in [6.45, 7) is 3.12. The number of hydrogen-bond donors (Lipinski definition) is 0. The first-order chi connectivity index (χ1) is 15.8. The number of nitrogens with zero attached hydrogens (tertiary/aromatic N) is 2. The second kappa shape index (κ2) is 10.6. The summed E-state index contributed by atoms with van der Waals surface area (Å²) in [6.07, 6.45) is 2.72. The molecule has 0 amide bonds. The molecule has 0 aromatic heterocycles. The second-order valence-corrected chi connectivity index (χ2v) is 7.42. The van der Waals surface area contributed by atoms with Crippen LogP contribution in [0.15, 0.2) is 71.7 Å². The van der Waals surface area contributed by atoms with Gasteiger partial charge in [0, 0.05) is 18.7 Å². The quantitative estimate of drug-likeness (QED) is 0.453. The van der Waals surface area contributed by atoms with Crippen LogP contribution in [0, 0.1) is 0 Å². The molecule has 0 saturated heterocycles. The summed E-state index contributed by atoms with van der Waals surface area (Å²) in [7, 11) is 3.28. The highest BCUT2D eigenvalue weighted by atomic mass is 16.6. The number of aliphatic imine (C=N–C) groups is 1. The molecule has 0 N–H and O–H groups in total. The van der Waals surface area contributed by atoms with Gasteiger partial charge in [0.2, 0.25) is 5.75 Å². The maximum Gasteiger partial charge on any atom is 0.211 e. The van der Waals surface area contributed by atoms with E-state index in [1.54, 1.807) is 14.2 Å². The molecule has 1 heterocycles. The molecule has 0 aliphatic carbocycles. The third-order valence-corrected chi connectivity index (χ3v) is 5.31. The molecule has 0 radical (unpaired) electrons. The minimum Gasteiger partial charge on any atom is -0.493 e. The number of methoxy groups -OCH3 is 2. The number of para-hydroxylation sites is 2. The topological polar surface area (TPSA) is 52.5 Å². The predicted molar refractivity (Wildman–Crippen MR) is 125 cm³/mol. The Kier molecular flexibility index (Phi) is 7.12. The normalized spacial score (nSPS) is 12.6. The average molecular weight is 433 g/mol. The Morgan fingerprint density at radius 2 is 1.59 bits per heavy atom. The van der Waals surface area contributed by atoms with Gasteiger partial charge in [0.05, 0.1) is 27.1 Å². The van der Waals surface area contributed by atoms with Crippen LogP contribution in [0.3, 0.4) is 0 Å². The highest BCUT2D eigenvalue weighted by Crippen LogP contribution is 2.44. The van der Waals surface area contributed by atoms with Crippen LogP contribution in [-0.2, 0) is 13.0 Å². The lowest BCUT2D eigenvalue weighted by molar-refractivity contribution is 0.285. The van der Waals surface area contributed by atoms with Crippen LogP contribution in [0.2, 0.25) is 0 Å². The molecule has 6 nitrogen and oxygen atoms in total. The van der Waals surface area contributed by atoms with Crippen LogP contribution >= 0.6 is 0 Å². The van der Waals surface area contributed by atoms with Gasteiger partial charge in [-0.1, -0.05) is 48.5 Å². The molecule has 0 spiro atoms. The summed E-state index contributed by atoms with van der Waals surface area (Å²) in [5.41, 5.74) is 2.14. The molecule has 166 valence electrons. The molecule has 0 bridgehead atoms. The summed E-state index contributed by atoms with van der Waals surface area (Å²) in [5, 5.41) is 0. The zero-order valence-electron chi connectivity index (χ0n) is 18.5. The van der Waals surface area contributed by atoms with Gasteiger partial charge in [-0.05, 0) is 30.2 Å². The van der Waals surface area contributed by atoms with Crippen molar-refractivity contribution in [3.8, 4) is 28.7 Å². The Morgan fingerprint density at radius 3 is 2.31 bits per heavy atom. The highest BCUT2D eigenvalue weighted by molar-refractivity contribution is 5.59. The van der Waals surface area contributed by atoms with Crippen LogP contribution in [-0.4, -0.2) is 45.1 Å². The van der Waals surface area contributed by atoms with Gasteiger partial charge in [-0.15, -0.1) is 0 Å². The molecule has 3 aromatic carbocycles. The van der Waals surface area contributed by atoms with Crippen LogP contribution in [0.25, 0.3) is 0 Å². The van der Waals surface area contributed by atoms with Crippen molar-refractivity contribution in [2.75, 3.05) is 33.9 Å². The maximum absolute atomic E-state index is 6.34. The number of rotatable bonds is 10. The first-order valence-corrected chi connectivity index (χ1v) is 10.7. The zero-order valence-corrected chi connectivity index (χ0v) is 18.5. The first kappa shape index (κ1) is 21.6. The van der Waals surface area contributed by atoms with Crippen LogP contribution in [0.1, 0.15) is 11.1 Å². The van der Waals surface area contributed by atoms with E-state index in [0.29, 0.717) is 35.4 Å². The lowest BCUT2D eigenvalue weighted by atomic mass is 10.1. The van der Waals surface area contributed by atoms with Gasteiger partial charge in [-0.2, -0.15) is 0 Å². The predicted octanol–water partition coefficient (Wildman–Crippen LogP) is 4.96. The van der Waals surface area contributed by atoms with Crippen molar-refractivity contribution in [3.63, 3.8) is 0 Å². The lowest BCUT2D eigenvalue weighted by Crippen LogP contribution is -2.22. The standard InChI is InChI=1S/C26H28N2O4/c1-29-24-13-12-21(14-16-28-17-15-27-19-28)25(30-2)26(24)32-23-11-7-6-10-22(23)31-18-20-8-4-3-5-9-20/h3-13,19H,14-18H2,1-2H3. The monoisotopic (exact) mass is 432 g/mol. The maximum atomic E-state index is 6.34. The average Bonchev–Trinajstić information content (AvgIpc) is 3.36. The highest BCUT2D eigenvalue weighted by Gasteiger charge is 2.20. The van der Waals surface area contributed by atoms with E-state index in [0.717, 1.165) is 37.2 Å². The van der Waals surface area contributed by atoms with Crippen molar-refractivity contribution in [2.45, 2.75) is 13.0 Å². The largest absolute Gasteiger partial charge is 0.493 e. The molecule has 0 atom stereocenters. The Morgan fingerprint density at radius 1 is 0.812 bits per heavy atom. The Labute approximate surface area is 189 Å². The third kappa shape index (κ3) is 5.14. The van der Waals surface area contributed by atoms with E-state index < -0.39 is 0 Å². The summed E-state index contributed by atoms with van der Waals surface area (Å²) in [6, 6.07) is 21.6. The van der Waals surface area contributed by atoms with Crippen molar-refractivity contribution < 1.29 is 18.9 Å². The van der Waals surface area contributed by atoms with Gasteiger partial charge in [0.25, 0.3) is 0 Å². The van der Waals surface area contributed by atoms with E-state index in [-0.39, 0.29) is 0 Å². The molecule has 32 heavy (non-hydrogen) atoms. The van der Waals surface area contributed by atoms with Crippen molar-refractivity contribution in [1.82, 2.24) is 4.90 Å². The van der Waals surface area contributed by atoms with Crippen LogP contribution in [0.5, 0.6) is 28.7 Å². The van der Waals surface area contributed by atoms with Crippen molar-refractivity contribution in [2.24, 2.45) is 4.99 Å². The Bertz CT molecular complexity index is 1050. The molecular formula is C26H28N2O4. The van der Waals surface area contributed by atoms with Gasteiger partial charge >= 0.3 is 0 Å². The molecular weight excluding hydrogens is 404 g/mol. The fraction of sp³-hybridized carbons (Fsp3) is 0.269. The molecule has 6 heteroatoms. The smallest absolute Gasteiger partial charge is 0.211 e. The summed E-state index contributed by atoms with van der Waals surface area (Å²) < 4.78 is 23.8. The molecule has 0 fully saturated rings. The number of ether oxygens (including phenoxy) is 4. The molecule has 0 unspecified atom stereocenters.